The molecule has 0 radical (unpaired) electrons. The summed E-state index contributed by atoms with van der Waals surface area (Å²) in [5.74, 6) is -0.647. The van der Waals surface area contributed by atoms with Crippen LogP contribution < -0.4 is 0 Å². The van der Waals surface area contributed by atoms with Gasteiger partial charge in [-0.3, -0.25) is 9.59 Å². The number of para-hydroxylation sites is 1. The third kappa shape index (κ3) is 6.81. The third-order valence-electron chi connectivity index (χ3n) is 5.13. The van der Waals surface area contributed by atoms with Gasteiger partial charge in [0.05, 0.1) is 23.2 Å². The number of hydrogen-bond acceptors (Lipinski definition) is 6. The summed E-state index contributed by atoms with van der Waals surface area (Å²) in [6.07, 6.45) is 3.64. The van der Waals surface area contributed by atoms with Gasteiger partial charge in [-0.15, -0.1) is 11.8 Å². The average molecular weight is 480 g/mol. The molecule has 7 nitrogen and oxygen atoms in total. The molecule has 1 aromatic heterocycles. The van der Waals surface area contributed by atoms with Crippen LogP contribution in [0.2, 0.25) is 0 Å². The molecule has 0 aliphatic carbocycles. The van der Waals surface area contributed by atoms with Gasteiger partial charge >= 0.3 is 5.97 Å². The molecule has 0 aliphatic heterocycles. The molecular formula is C26H29N3O4S. The Morgan fingerprint density at radius 3 is 2.41 bits per heavy atom. The number of amides is 1. The zero-order valence-corrected chi connectivity index (χ0v) is 20.7. The first-order chi connectivity index (χ1) is 16.1. The highest BCUT2D eigenvalue weighted by Crippen LogP contribution is 2.24. The quantitative estimate of drug-likeness (QED) is 0.334. The summed E-state index contributed by atoms with van der Waals surface area (Å²) in [7, 11) is 1.74. The number of thioether (sulfide) groups is 1. The number of ether oxygens (including phenoxy) is 1. The molecule has 1 heterocycles. The van der Waals surface area contributed by atoms with Crippen LogP contribution in [0.25, 0.3) is 5.69 Å². The molecule has 0 atom stereocenters. The molecule has 0 saturated heterocycles. The fourth-order valence-corrected chi connectivity index (χ4v) is 3.94. The van der Waals surface area contributed by atoms with Crippen molar-refractivity contribution >= 4 is 29.4 Å². The third-order valence-corrected chi connectivity index (χ3v) is 6.19. The molecule has 0 saturated carbocycles. The first-order valence-electron chi connectivity index (χ1n) is 10.9. The van der Waals surface area contributed by atoms with Crippen LogP contribution in [-0.2, 0) is 20.9 Å². The van der Waals surface area contributed by atoms with Gasteiger partial charge in [-0.2, -0.15) is 5.10 Å². The lowest BCUT2D eigenvalue weighted by molar-refractivity contribution is -0.129. The van der Waals surface area contributed by atoms with E-state index in [0.29, 0.717) is 17.0 Å². The van der Waals surface area contributed by atoms with Crippen molar-refractivity contribution in [2.75, 3.05) is 19.4 Å². The normalized spacial score (nSPS) is 11.2. The van der Waals surface area contributed by atoms with Gasteiger partial charge < -0.3 is 9.64 Å². The van der Waals surface area contributed by atoms with Crippen LogP contribution in [-0.4, -0.2) is 51.7 Å². The van der Waals surface area contributed by atoms with Gasteiger partial charge in [0.15, 0.2) is 12.4 Å². The van der Waals surface area contributed by atoms with Crippen LogP contribution in [0.1, 0.15) is 36.7 Å². The van der Waals surface area contributed by atoms with E-state index in [2.05, 4.69) is 5.10 Å². The van der Waals surface area contributed by atoms with Gasteiger partial charge in [-0.1, -0.05) is 51.1 Å². The number of Topliss-reactive ketones (excluding diaryl/α,β-unsaturated/α-hetero) is 1. The van der Waals surface area contributed by atoms with E-state index in [0.717, 1.165) is 11.3 Å². The topological polar surface area (TPSA) is 81.5 Å². The monoisotopic (exact) mass is 479 g/mol. The number of benzene rings is 2. The molecule has 3 aromatic rings. The number of aromatic nitrogens is 2. The Balaban J connectivity index is 1.56. The number of rotatable bonds is 9. The Morgan fingerprint density at radius 2 is 1.71 bits per heavy atom. The maximum Gasteiger partial charge on any atom is 0.339 e. The van der Waals surface area contributed by atoms with E-state index in [-0.39, 0.29) is 24.1 Å². The van der Waals surface area contributed by atoms with Crippen LogP contribution in [0.5, 0.6) is 0 Å². The van der Waals surface area contributed by atoms with E-state index in [1.54, 1.807) is 67.9 Å². The van der Waals surface area contributed by atoms with E-state index >= 15 is 0 Å². The van der Waals surface area contributed by atoms with Crippen LogP contribution in [0.3, 0.4) is 0 Å². The number of nitrogens with zero attached hydrogens (tertiary/aromatic N) is 3. The lowest BCUT2D eigenvalue weighted by Gasteiger charge is -2.17. The predicted octanol–water partition coefficient (Wildman–Crippen LogP) is 4.40. The molecule has 0 fully saturated rings. The van der Waals surface area contributed by atoms with Crippen molar-refractivity contribution in [3.8, 4) is 5.69 Å². The lowest BCUT2D eigenvalue weighted by Crippen LogP contribution is -2.28. The molecule has 0 bridgehead atoms. The molecular weight excluding hydrogens is 450 g/mol. The van der Waals surface area contributed by atoms with Crippen molar-refractivity contribution in [1.82, 2.24) is 14.7 Å². The van der Waals surface area contributed by atoms with Crippen molar-refractivity contribution < 1.29 is 19.1 Å². The summed E-state index contributed by atoms with van der Waals surface area (Å²) < 4.78 is 7.00. The van der Waals surface area contributed by atoms with E-state index < -0.39 is 11.4 Å². The molecule has 34 heavy (non-hydrogen) atoms. The van der Waals surface area contributed by atoms with Gasteiger partial charge in [0.1, 0.15) is 0 Å². The molecule has 0 aliphatic rings. The minimum Gasteiger partial charge on any atom is -0.454 e. The second kappa shape index (κ2) is 11.2. The summed E-state index contributed by atoms with van der Waals surface area (Å²) in [6.45, 7) is 5.48. The van der Waals surface area contributed by atoms with Crippen molar-refractivity contribution in [2.24, 2.45) is 5.41 Å². The summed E-state index contributed by atoms with van der Waals surface area (Å²) in [5, 5.41) is 4.37. The largest absolute Gasteiger partial charge is 0.454 e. The van der Waals surface area contributed by atoms with Crippen LogP contribution in [0, 0.1) is 5.41 Å². The molecule has 8 heteroatoms. The Bertz CT molecular complexity index is 1150. The van der Waals surface area contributed by atoms with Crippen molar-refractivity contribution in [3.63, 3.8) is 0 Å². The van der Waals surface area contributed by atoms with Gasteiger partial charge in [-0.05, 0) is 24.3 Å². The molecule has 1 amide bonds. The standard InChI is InChI=1S/C26H29N3O4S/c1-26(2,3)23(30)17-33-25(32)21-12-8-9-13-22(21)34-18-24(31)28(4)15-19-14-27-29(16-19)20-10-6-5-7-11-20/h5-14,16H,15,17-18H2,1-4H3. The smallest absolute Gasteiger partial charge is 0.339 e. The molecule has 2 aromatic carbocycles. The molecule has 0 spiro atoms. The lowest BCUT2D eigenvalue weighted by atomic mass is 9.91. The fourth-order valence-electron chi connectivity index (χ4n) is 2.96. The summed E-state index contributed by atoms with van der Waals surface area (Å²) in [4.78, 5) is 39.6. The van der Waals surface area contributed by atoms with Gasteiger partial charge in [-0.25, -0.2) is 9.48 Å². The summed E-state index contributed by atoms with van der Waals surface area (Å²) in [6, 6.07) is 16.7. The zero-order chi connectivity index (χ0) is 24.7. The zero-order valence-electron chi connectivity index (χ0n) is 19.9. The SMILES string of the molecule is CN(Cc1cnn(-c2ccccc2)c1)C(=O)CSc1ccccc1C(=O)OCC(=O)C(C)(C)C. The highest BCUT2D eigenvalue weighted by Gasteiger charge is 2.23. The number of carbonyl (C=O) groups excluding carboxylic acids is 3. The molecule has 0 N–H and O–H groups in total. The second-order valence-electron chi connectivity index (χ2n) is 8.91. The molecule has 0 unspecified atom stereocenters. The number of esters is 1. The Morgan fingerprint density at radius 1 is 1.03 bits per heavy atom. The van der Waals surface area contributed by atoms with Crippen molar-refractivity contribution in [3.05, 3.63) is 78.1 Å². The first kappa shape index (κ1) is 25.2. The highest BCUT2D eigenvalue weighted by atomic mass is 32.2. The first-order valence-corrected chi connectivity index (χ1v) is 11.9. The van der Waals surface area contributed by atoms with E-state index in [4.69, 9.17) is 4.74 Å². The highest BCUT2D eigenvalue weighted by molar-refractivity contribution is 8.00. The van der Waals surface area contributed by atoms with Gasteiger partial charge in [0.25, 0.3) is 0 Å². The number of carbonyl (C=O) groups is 3. The van der Waals surface area contributed by atoms with Crippen LogP contribution >= 0.6 is 11.8 Å². The van der Waals surface area contributed by atoms with Gasteiger partial charge in [0.2, 0.25) is 5.91 Å². The van der Waals surface area contributed by atoms with E-state index in [1.807, 2.05) is 36.5 Å². The van der Waals surface area contributed by atoms with E-state index in [9.17, 15) is 14.4 Å². The fraction of sp³-hybridized carbons (Fsp3) is 0.308. The van der Waals surface area contributed by atoms with Crippen molar-refractivity contribution in [1.29, 1.82) is 0 Å². The molecule has 3 rings (SSSR count). The van der Waals surface area contributed by atoms with Crippen LogP contribution in [0.4, 0.5) is 0 Å². The van der Waals surface area contributed by atoms with Crippen LogP contribution in [0.15, 0.2) is 71.9 Å². The number of ketones is 1. The van der Waals surface area contributed by atoms with E-state index in [1.165, 1.54) is 11.8 Å². The average Bonchev–Trinajstić information content (AvgIpc) is 3.29. The Labute approximate surface area is 204 Å². The molecule has 178 valence electrons. The Hall–Kier alpha value is -3.39. The maximum absolute atomic E-state index is 12.7. The Kier molecular flexibility index (Phi) is 8.28. The minimum absolute atomic E-state index is 0.0801. The summed E-state index contributed by atoms with van der Waals surface area (Å²) in [5.41, 5.74) is 1.63. The van der Waals surface area contributed by atoms with Crippen molar-refractivity contribution in [2.45, 2.75) is 32.2 Å². The predicted molar refractivity (Wildman–Crippen MR) is 132 cm³/mol. The van der Waals surface area contributed by atoms with Gasteiger partial charge in [0, 0.05) is 35.7 Å². The number of hydrogen-bond donors (Lipinski definition) is 0. The summed E-state index contributed by atoms with van der Waals surface area (Å²) >= 11 is 1.27. The maximum atomic E-state index is 12.7. The minimum atomic E-state index is -0.580. The second-order valence-corrected chi connectivity index (χ2v) is 9.93.